The number of amides is 1. The molecule has 0 heterocycles. The largest absolute Gasteiger partial charge is 0.444 e. The number of amidine groups is 1. The van der Waals surface area contributed by atoms with Crippen molar-refractivity contribution in [2.45, 2.75) is 26.4 Å². The number of hydrogen-bond donors (Lipinski definition) is 2. The molecule has 3 N–H and O–H groups in total. The molecule has 0 spiro atoms. The lowest BCUT2D eigenvalue weighted by molar-refractivity contribution is 0.0536. The number of hydrogen-bond acceptors (Lipinski definition) is 4. The standard InChI is InChI=1S/C14H20N4O2/c1-14(2,3)20-13(19)16-10-12(15)18-17-9-11-7-5-4-6-8-11/h4-9H,10H2,1-3H3,(H2,15,18)(H,16,19)/b17-9+. The molecule has 0 atom stereocenters. The van der Waals surface area contributed by atoms with Crippen molar-refractivity contribution in [3.8, 4) is 0 Å². The van der Waals surface area contributed by atoms with E-state index in [2.05, 4.69) is 15.5 Å². The Morgan fingerprint density at radius 1 is 1.35 bits per heavy atom. The predicted octanol–water partition coefficient (Wildman–Crippen LogP) is 1.90. The third kappa shape index (κ3) is 7.15. The molecule has 0 aliphatic heterocycles. The van der Waals surface area contributed by atoms with Crippen molar-refractivity contribution in [1.29, 1.82) is 0 Å². The van der Waals surface area contributed by atoms with Crippen LogP contribution in [0.1, 0.15) is 26.3 Å². The highest BCUT2D eigenvalue weighted by Crippen LogP contribution is 2.05. The average molecular weight is 276 g/mol. The van der Waals surface area contributed by atoms with Crippen LogP contribution >= 0.6 is 0 Å². The quantitative estimate of drug-likeness (QED) is 0.500. The summed E-state index contributed by atoms with van der Waals surface area (Å²) < 4.78 is 5.06. The van der Waals surface area contributed by atoms with E-state index < -0.39 is 11.7 Å². The summed E-state index contributed by atoms with van der Waals surface area (Å²) in [5.41, 5.74) is 6.00. The van der Waals surface area contributed by atoms with E-state index in [0.29, 0.717) is 0 Å². The highest BCUT2D eigenvalue weighted by Gasteiger charge is 2.15. The van der Waals surface area contributed by atoms with E-state index in [9.17, 15) is 4.79 Å². The van der Waals surface area contributed by atoms with Gasteiger partial charge in [0.15, 0.2) is 0 Å². The van der Waals surface area contributed by atoms with E-state index in [4.69, 9.17) is 10.5 Å². The van der Waals surface area contributed by atoms with Gasteiger partial charge in [-0.1, -0.05) is 30.3 Å². The molecule has 0 radical (unpaired) electrons. The van der Waals surface area contributed by atoms with Gasteiger partial charge in [-0.15, -0.1) is 5.10 Å². The van der Waals surface area contributed by atoms with Gasteiger partial charge >= 0.3 is 6.09 Å². The Balaban J connectivity index is 2.39. The van der Waals surface area contributed by atoms with Crippen LogP contribution in [0.25, 0.3) is 0 Å². The summed E-state index contributed by atoms with van der Waals surface area (Å²) in [7, 11) is 0. The smallest absolute Gasteiger partial charge is 0.408 e. The number of carbonyl (C=O) groups excluding carboxylic acids is 1. The molecule has 0 aromatic heterocycles. The molecule has 20 heavy (non-hydrogen) atoms. The van der Waals surface area contributed by atoms with E-state index in [1.807, 2.05) is 30.3 Å². The Morgan fingerprint density at radius 2 is 2.00 bits per heavy atom. The Labute approximate surface area is 118 Å². The maximum atomic E-state index is 11.4. The molecule has 0 saturated heterocycles. The van der Waals surface area contributed by atoms with E-state index in [1.165, 1.54) is 0 Å². The van der Waals surface area contributed by atoms with Gasteiger partial charge in [-0.05, 0) is 26.3 Å². The number of benzene rings is 1. The Kier molecular flexibility index (Phi) is 5.71. The van der Waals surface area contributed by atoms with Gasteiger partial charge < -0.3 is 15.8 Å². The molecule has 1 aromatic carbocycles. The number of alkyl carbamates (subject to hydrolysis) is 1. The molecule has 0 bridgehead atoms. The molecule has 0 aliphatic carbocycles. The van der Waals surface area contributed by atoms with Crippen molar-refractivity contribution in [2.75, 3.05) is 6.54 Å². The minimum atomic E-state index is -0.540. The van der Waals surface area contributed by atoms with Crippen molar-refractivity contribution < 1.29 is 9.53 Å². The first-order valence-corrected chi connectivity index (χ1v) is 6.24. The van der Waals surface area contributed by atoms with E-state index in [0.717, 1.165) is 5.56 Å². The monoisotopic (exact) mass is 276 g/mol. The maximum absolute atomic E-state index is 11.4. The third-order valence-electron chi connectivity index (χ3n) is 2.01. The maximum Gasteiger partial charge on any atom is 0.408 e. The Hall–Kier alpha value is -2.37. The lowest BCUT2D eigenvalue weighted by atomic mass is 10.2. The lowest BCUT2D eigenvalue weighted by Gasteiger charge is -2.19. The summed E-state index contributed by atoms with van der Waals surface area (Å²) in [5.74, 6) is 0.197. The second-order valence-corrected chi connectivity index (χ2v) is 5.10. The molecule has 0 aliphatic rings. The molecular formula is C14H20N4O2. The van der Waals surface area contributed by atoms with Crippen molar-refractivity contribution >= 4 is 18.1 Å². The number of nitrogens with zero attached hydrogens (tertiary/aromatic N) is 2. The number of rotatable bonds is 4. The first kappa shape index (κ1) is 15.7. The number of nitrogens with two attached hydrogens (primary N) is 1. The van der Waals surface area contributed by atoms with Gasteiger partial charge in [0.2, 0.25) is 0 Å². The second-order valence-electron chi connectivity index (χ2n) is 5.10. The second kappa shape index (κ2) is 7.28. The van der Waals surface area contributed by atoms with Gasteiger partial charge in [-0.25, -0.2) is 4.79 Å². The zero-order valence-electron chi connectivity index (χ0n) is 12.0. The van der Waals surface area contributed by atoms with Gasteiger partial charge in [0.05, 0.1) is 12.8 Å². The topological polar surface area (TPSA) is 89.1 Å². The highest BCUT2D eigenvalue weighted by atomic mass is 16.6. The van der Waals surface area contributed by atoms with Crippen LogP contribution in [0.15, 0.2) is 40.5 Å². The summed E-state index contributed by atoms with van der Waals surface area (Å²) in [6.45, 7) is 5.44. The van der Waals surface area contributed by atoms with Crippen LogP contribution in [0.5, 0.6) is 0 Å². The Morgan fingerprint density at radius 3 is 2.60 bits per heavy atom. The first-order chi connectivity index (χ1) is 9.37. The summed E-state index contributed by atoms with van der Waals surface area (Å²) in [5, 5.41) is 10.1. The molecule has 108 valence electrons. The van der Waals surface area contributed by atoms with E-state index >= 15 is 0 Å². The molecule has 1 rings (SSSR count). The fourth-order valence-electron chi connectivity index (χ4n) is 1.22. The van der Waals surface area contributed by atoms with Crippen LogP contribution in [0, 0.1) is 0 Å². The third-order valence-corrected chi connectivity index (χ3v) is 2.01. The zero-order chi connectivity index (χ0) is 15.0. The van der Waals surface area contributed by atoms with E-state index in [-0.39, 0.29) is 12.4 Å². The van der Waals surface area contributed by atoms with Crippen LogP contribution in [0.4, 0.5) is 4.79 Å². The molecule has 1 amide bonds. The molecule has 0 saturated carbocycles. The minimum absolute atomic E-state index is 0.0844. The minimum Gasteiger partial charge on any atom is -0.444 e. The van der Waals surface area contributed by atoms with Crippen LogP contribution in [-0.2, 0) is 4.74 Å². The highest BCUT2D eigenvalue weighted by molar-refractivity contribution is 5.86. The van der Waals surface area contributed by atoms with Crippen molar-refractivity contribution in [2.24, 2.45) is 15.9 Å². The number of nitrogens with one attached hydrogen (secondary N) is 1. The summed E-state index contributed by atoms with van der Waals surface area (Å²) >= 11 is 0. The van der Waals surface area contributed by atoms with Crippen LogP contribution < -0.4 is 11.1 Å². The normalized spacial score (nSPS) is 12.4. The molecule has 6 heteroatoms. The van der Waals surface area contributed by atoms with Crippen LogP contribution in [0.3, 0.4) is 0 Å². The predicted molar refractivity (Wildman–Crippen MR) is 79.9 cm³/mol. The van der Waals surface area contributed by atoms with Gasteiger partial charge in [0.25, 0.3) is 0 Å². The van der Waals surface area contributed by atoms with Crippen molar-refractivity contribution in [1.82, 2.24) is 5.32 Å². The Bertz CT molecular complexity index is 490. The van der Waals surface area contributed by atoms with Gasteiger partial charge in [0, 0.05) is 0 Å². The molecule has 0 unspecified atom stereocenters. The summed E-state index contributed by atoms with van der Waals surface area (Å²) in [6, 6.07) is 9.51. The lowest BCUT2D eigenvalue weighted by Crippen LogP contribution is -2.37. The SMILES string of the molecule is CC(C)(C)OC(=O)NC/C(N)=N/N=C/c1ccccc1. The van der Waals surface area contributed by atoms with E-state index in [1.54, 1.807) is 27.0 Å². The fourth-order valence-corrected chi connectivity index (χ4v) is 1.22. The molecule has 6 nitrogen and oxygen atoms in total. The zero-order valence-corrected chi connectivity index (χ0v) is 12.0. The van der Waals surface area contributed by atoms with Crippen molar-refractivity contribution in [3.63, 3.8) is 0 Å². The van der Waals surface area contributed by atoms with Crippen LogP contribution in [0.2, 0.25) is 0 Å². The van der Waals surface area contributed by atoms with Gasteiger partial charge in [-0.2, -0.15) is 5.10 Å². The summed E-state index contributed by atoms with van der Waals surface area (Å²) in [6.07, 6.45) is 1.04. The average Bonchev–Trinajstić information content (AvgIpc) is 2.36. The molecular weight excluding hydrogens is 256 g/mol. The number of ether oxygens (including phenoxy) is 1. The number of carbonyl (C=O) groups is 1. The molecule has 1 aromatic rings. The van der Waals surface area contributed by atoms with Crippen molar-refractivity contribution in [3.05, 3.63) is 35.9 Å². The fraction of sp³-hybridized carbons (Fsp3) is 0.357. The molecule has 0 fully saturated rings. The van der Waals surface area contributed by atoms with Gasteiger partial charge in [-0.3, -0.25) is 0 Å². The summed E-state index contributed by atoms with van der Waals surface area (Å²) in [4.78, 5) is 11.4. The first-order valence-electron chi connectivity index (χ1n) is 6.24. The van der Waals surface area contributed by atoms with Gasteiger partial charge in [0.1, 0.15) is 11.4 Å². The van der Waals surface area contributed by atoms with Crippen LogP contribution in [-0.4, -0.2) is 30.3 Å².